The highest BCUT2D eigenvalue weighted by Gasteiger charge is 2.28. The Hall–Kier alpha value is -4.32. The van der Waals surface area contributed by atoms with Gasteiger partial charge >= 0.3 is 0 Å². The fraction of sp³-hybridized carbons (Fsp3) is 0.346. The maximum Gasteiger partial charge on any atom is 0.255 e. The van der Waals surface area contributed by atoms with Crippen LogP contribution in [-0.4, -0.2) is 87.8 Å². The minimum absolute atomic E-state index is 0.241. The molecule has 12 heteroatoms. The first-order valence-corrected chi connectivity index (χ1v) is 12.1. The van der Waals surface area contributed by atoms with E-state index >= 15 is 0 Å². The van der Waals surface area contributed by atoms with Crippen molar-refractivity contribution in [1.82, 2.24) is 39.8 Å². The van der Waals surface area contributed by atoms with E-state index < -0.39 is 0 Å². The minimum atomic E-state index is -0.380. The van der Waals surface area contributed by atoms with Gasteiger partial charge in [-0.05, 0) is 39.2 Å². The Morgan fingerprint density at radius 3 is 2.79 bits per heavy atom. The van der Waals surface area contributed by atoms with E-state index in [9.17, 15) is 9.18 Å². The molecule has 1 atom stereocenters. The summed E-state index contributed by atoms with van der Waals surface area (Å²) in [5.74, 6) is 0.486. The van der Waals surface area contributed by atoms with Crippen molar-refractivity contribution in [3.05, 3.63) is 71.9 Å². The zero-order chi connectivity index (χ0) is 27.4. The minimum Gasteiger partial charge on any atom is -0.499 e. The van der Waals surface area contributed by atoms with Gasteiger partial charge in [0.1, 0.15) is 17.9 Å². The molecule has 4 rings (SSSR count). The van der Waals surface area contributed by atoms with E-state index in [0.29, 0.717) is 23.4 Å². The molecule has 1 amide bonds. The van der Waals surface area contributed by atoms with Crippen LogP contribution in [0.5, 0.6) is 0 Å². The van der Waals surface area contributed by atoms with Gasteiger partial charge in [-0.1, -0.05) is 6.58 Å². The van der Waals surface area contributed by atoms with Gasteiger partial charge in [-0.3, -0.25) is 4.79 Å². The van der Waals surface area contributed by atoms with Crippen LogP contribution in [0.25, 0.3) is 16.9 Å². The summed E-state index contributed by atoms with van der Waals surface area (Å²) < 4.78 is 21.2. The molecule has 2 N–H and O–H groups in total. The van der Waals surface area contributed by atoms with Crippen LogP contribution < -0.4 is 10.6 Å². The molecular formula is C26H32FN9O2. The molecule has 1 aliphatic carbocycles. The van der Waals surface area contributed by atoms with E-state index in [1.165, 1.54) is 29.2 Å². The van der Waals surface area contributed by atoms with Gasteiger partial charge in [-0.25, -0.2) is 9.37 Å². The molecule has 0 saturated heterocycles. The number of allylic oxidation sites excluding steroid dienone is 1. The normalized spacial score (nSPS) is 15.4. The van der Waals surface area contributed by atoms with Crippen LogP contribution in [0.15, 0.2) is 60.4 Å². The molecule has 2 aromatic heterocycles. The number of carbonyl (C=O) groups is 1. The fourth-order valence-corrected chi connectivity index (χ4v) is 4.19. The molecule has 0 spiro atoms. The molecule has 1 aromatic carbocycles. The van der Waals surface area contributed by atoms with E-state index in [2.05, 4.69) is 47.1 Å². The van der Waals surface area contributed by atoms with Crippen molar-refractivity contribution in [1.29, 1.82) is 0 Å². The average molecular weight is 522 g/mol. The standard InChI is InChI=1S/C26H32FN9O2/c1-7-24(37)30-19-13-20(23(38-6)14-22(19)35(5)11-10-34(3)4)31-25-28-15-29-26(32-25)36-21-12-17(27)8-9-18(21)16(2)33-36/h7-9,12,14-15,20H,1,10-11,13H2,2-6H3,(H,30,37)(H,28,29,31,32). The van der Waals surface area contributed by atoms with Gasteiger partial charge in [0.2, 0.25) is 11.9 Å². The van der Waals surface area contributed by atoms with Gasteiger partial charge in [-0.2, -0.15) is 19.7 Å². The molecule has 1 unspecified atom stereocenters. The summed E-state index contributed by atoms with van der Waals surface area (Å²) in [5.41, 5.74) is 2.84. The summed E-state index contributed by atoms with van der Waals surface area (Å²) in [4.78, 5) is 29.4. The lowest BCUT2D eigenvalue weighted by molar-refractivity contribution is -0.115. The number of nitrogens with zero attached hydrogens (tertiary/aromatic N) is 7. The molecule has 0 radical (unpaired) electrons. The largest absolute Gasteiger partial charge is 0.499 e. The van der Waals surface area contributed by atoms with Crippen molar-refractivity contribution < 1.29 is 13.9 Å². The molecule has 200 valence electrons. The zero-order valence-corrected chi connectivity index (χ0v) is 22.2. The maximum absolute atomic E-state index is 14.0. The number of halogens is 1. The first-order chi connectivity index (χ1) is 18.2. The van der Waals surface area contributed by atoms with Gasteiger partial charge in [0, 0.05) is 49.8 Å². The number of aryl methyl sites for hydroxylation is 1. The monoisotopic (exact) mass is 521 g/mol. The van der Waals surface area contributed by atoms with E-state index in [1.807, 2.05) is 34.1 Å². The van der Waals surface area contributed by atoms with Gasteiger partial charge < -0.3 is 25.2 Å². The molecular weight excluding hydrogens is 489 g/mol. The summed E-state index contributed by atoms with van der Waals surface area (Å²) in [6.45, 7) is 6.99. The summed E-state index contributed by atoms with van der Waals surface area (Å²) in [6.07, 6.45) is 4.89. The average Bonchev–Trinajstić information content (AvgIpc) is 3.22. The lowest BCUT2D eigenvalue weighted by Gasteiger charge is -2.32. The van der Waals surface area contributed by atoms with E-state index in [1.54, 1.807) is 13.2 Å². The Bertz CT molecular complexity index is 1410. The summed E-state index contributed by atoms with van der Waals surface area (Å²) in [6, 6.07) is 4.09. The lowest BCUT2D eigenvalue weighted by Crippen LogP contribution is -2.37. The van der Waals surface area contributed by atoms with Crippen molar-refractivity contribution in [3.63, 3.8) is 0 Å². The number of hydrogen-bond donors (Lipinski definition) is 2. The van der Waals surface area contributed by atoms with Crippen LogP contribution in [0.1, 0.15) is 12.1 Å². The highest BCUT2D eigenvalue weighted by atomic mass is 19.1. The van der Waals surface area contributed by atoms with Crippen LogP contribution in [0.2, 0.25) is 0 Å². The number of rotatable bonds is 10. The number of nitrogens with one attached hydrogen (secondary N) is 2. The summed E-state index contributed by atoms with van der Waals surface area (Å²) in [7, 11) is 7.57. The number of benzene rings is 1. The first-order valence-electron chi connectivity index (χ1n) is 12.1. The molecule has 0 saturated carbocycles. The predicted molar refractivity (Wildman–Crippen MR) is 143 cm³/mol. The number of fused-ring (bicyclic) bond motifs is 1. The number of anilines is 1. The smallest absolute Gasteiger partial charge is 0.255 e. The molecule has 2 heterocycles. The van der Waals surface area contributed by atoms with Crippen molar-refractivity contribution in [2.24, 2.45) is 0 Å². The van der Waals surface area contributed by atoms with Crippen LogP contribution in [0.3, 0.4) is 0 Å². The molecule has 38 heavy (non-hydrogen) atoms. The quantitative estimate of drug-likeness (QED) is 0.388. The number of likely N-dealkylation sites (N-methyl/N-ethyl adjacent to an activating group) is 2. The third-order valence-electron chi connectivity index (χ3n) is 6.21. The molecule has 1 aliphatic rings. The maximum atomic E-state index is 14.0. The Morgan fingerprint density at radius 2 is 2.08 bits per heavy atom. The van der Waals surface area contributed by atoms with Gasteiger partial charge in [0.15, 0.2) is 0 Å². The number of carbonyl (C=O) groups excluding carboxylic acids is 1. The third-order valence-corrected chi connectivity index (χ3v) is 6.21. The number of ether oxygens (including phenoxy) is 1. The number of methoxy groups -OCH3 is 1. The van der Waals surface area contributed by atoms with Crippen LogP contribution in [0.4, 0.5) is 10.3 Å². The number of amides is 1. The Balaban J connectivity index is 1.63. The van der Waals surface area contributed by atoms with Crippen molar-refractivity contribution >= 4 is 22.8 Å². The second kappa shape index (κ2) is 11.4. The van der Waals surface area contributed by atoms with E-state index in [-0.39, 0.29) is 29.7 Å². The van der Waals surface area contributed by atoms with Gasteiger partial charge in [-0.15, -0.1) is 0 Å². The van der Waals surface area contributed by atoms with Gasteiger partial charge in [0.25, 0.3) is 5.95 Å². The molecule has 0 aliphatic heterocycles. The van der Waals surface area contributed by atoms with Crippen molar-refractivity contribution in [2.45, 2.75) is 19.4 Å². The SMILES string of the molecule is C=CC(=O)NC1=C(N(C)CCN(C)C)C=C(OC)C(Nc2ncnc(-n3nc(C)c4ccc(F)cc43)n2)C1. The molecule has 3 aromatic rings. The Kier molecular flexibility index (Phi) is 8.01. The molecule has 0 fully saturated rings. The Labute approximate surface area is 220 Å². The number of aromatic nitrogens is 5. The highest BCUT2D eigenvalue weighted by Crippen LogP contribution is 2.28. The summed E-state index contributed by atoms with van der Waals surface area (Å²) in [5, 5.41) is 11.5. The first kappa shape index (κ1) is 26.7. The Morgan fingerprint density at radius 1 is 1.29 bits per heavy atom. The second-order valence-corrected chi connectivity index (χ2v) is 9.20. The fourth-order valence-electron chi connectivity index (χ4n) is 4.19. The van der Waals surface area contributed by atoms with Crippen LogP contribution in [-0.2, 0) is 9.53 Å². The topological polar surface area (TPSA) is 113 Å². The third kappa shape index (κ3) is 5.80. The number of hydrogen-bond acceptors (Lipinski definition) is 9. The van der Waals surface area contributed by atoms with Crippen LogP contribution >= 0.6 is 0 Å². The summed E-state index contributed by atoms with van der Waals surface area (Å²) >= 11 is 0. The second-order valence-electron chi connectivity index (χ2n) is 9.20. The zero-order valence-electron chi connectivity index (χ0n) is 22.2. The van der Waals surface area contributed by atoms with Crippen molar-refractivity contribution in [2.75, 3.05) is 46.7 Å². The van der Waals surface area contributed by atoms with Gasteiger partial charge in [0.05, 0.1) is 30.1 Å². The molecule has 11 nitrogen and oxygen atoms in total. The molecule has 0 bridgehead atoms. The van der Waals surface area contributed by atoms with Crippen LogP contribution in [0, 0.1) is 12.7 Å². The predicted octanol–water partition coefficient (Wildman–Crippen LogP) is 2.38. The van der Waals surface area contributed by atoms with Crippen molar-refractivity contribution in [3.8, 4) is 5.95 Å². The van der Waals surface area contributed by atoms with E-state index in [4.69, 9.17) is 4.74 Å². The van der Waals surface area contributed by atoms with E-state index in [0.717, 1.165) is 29.9 Å². The lowest BCUT2D eigenvalue weighted by atomic mass is 10.00. The highest BCUT2D eigenvalue weighted by molar-refractivity contribution is 5.88.